The maximum Gasteiger partial charge on any atom is 0.269 e. The van der Waals surface area contributed by atoms with E-state index in [-0.39, 0.29) is 16.7 Å². The first-order chi connectivity index (χ1) is 11.7. The van der Waals surface area contributed by atoms with Crippen molar-refractivity contribution in [1.29, 1.82) is 0 Å². The summed E-state index contributed by atoms with van der Waals surface area (Å²) in [5.41, 5.74) is 2.32. The maximum atomic E-state index is 10.8. The Balaban J connectivity index is 1.61. The molecule has 1 unspecified atom stereocenters. The Morgan fingerprint density at radius 3 is 2.54 bits per heavy atom. The van der Waals surface area contributed by atoms with Crippen LogP contribution in [0.5, 0.6) is 11.5 Å². The van der Waals surface area contributed by atoms with Gasteiger partial charge in [0, 0.05) is 24.4 Å². The average molecular weight is 326 g/mol. The molecule has 2 aliphatic heterocycles. The molecule has 6 nitrogen and oxygen atoms in total. The van der Waals surface area contributed by atoms with Gasteiger partial charge in [-0.25, -0.2) is 0 Å². The third-order valence-electron chi connectivity index (χ3n) is 4.60. The highest BCUT2D eigenvalue weighted by atomic mass is 16.6. The summed E-state index contributed by atoms with van der Waals surface area (Å²) < 4.78 is 11.3. The molecule has 0 spiro atoms. The van der Waals surface area contributed by atoms with Crippen LogP contribution in [0.2, 0.25) is 0 Å². The van der Waals surface area contributed by atoms with Crippen molar-refractivity contribution in [2.45, 2.75) is 18.9 Å². The third-order valence-corrected chi connectivity index (χ3v) is 4.60. The maximum absolute atomic E-state index is 10.8. The highest BCUT2D eigenvalue weighted by Crippen LogP contribution is 2.40. The summed E-state index contributed by atoms with van der Waals surface area (Å²) in [5.74, 6) is 1.60. The van der Waals surface area contributed by atoms with Gasteiger partial charge in [-0.05, 0) is 42.7 Å². The fourth-order valence-corrected chi connectivity index (χ4v) is 3.46. The predicted octanol–water partition coefficient (Wildman–Crippen LogP) is 3.71. The van der Waals surface area contributed by atoms with Crippen molar-refractivity contribution >= 4 is 11.4 Å². The molecular weight excluding hydrogens is 308 g/mol. The lowest BCUT2D eigenvalue weighted by Crippen LogP contribution is -2.23. The second-order valence-corrected chi connectivity index (χ2v) is 6.03. The fourth-order valence-electron chi connectivity index (χ4n) is 3.46. The number of non-ortho nitro benzene ring substituents is 1. The van der Waals surface area contributed by atoms with Crippen molar-refractivity contribution in [1.82, 2.24) is 0 Å². The van der Waals surface area contributed by atoms with E-state index in [9.17, 15) is 10.1 Å². The number of hydrogen-bond acceptors (Lipinski definition) is 5. The van der Waals surface area contributed by atoms with Crippen LogP contribution in [0.25, 0.3) is 0 Å². The number of nitro benzene ring substituents is 1. The first kappa shape index (κ1) is 14.8. The summed E-state index contributed by atoms with van der Waals surface area (Å²) in [6.07, 6.45) is 2.15. The highest BCUT2D eigenvalue weighted by Gasteiger charge is 2.27. The zero-order valence-electron chi connectivity index (χ0n) is 13.2. The van der Waals surface area contributed by atoms with Gasteiger partial charge in [0.25, 0.3) is 5.69 Å². The lowest BCUT2D eigenvalue weighted by Gasteiger charge is -2.28. The van der Waals surface area contributed by atoms with E-state index in [0.29, 0.717) is 13.2 Å². The van der Waals surface area contributed by atoms with Crippen molar-refractivity contribution in [3.05, 3.63) is 58.1 Å². The van der Waals surface area contributed by atoms with E-state index in [2.05, 4.69) is 17.0 Å². The third kappa shape index (κ3) is 2.64. The zero-order chi connectivity index (χ0) is 16.5. The van der Waals surface area contributed by atoms with Gasteiger partial charge in [0.2, 0.25) is 0 Å². The van der Waals surface area contributed by atoms with Gasteiger partial charge in [0.1, 0.15) is 13.2 Å². The van der Waals surface area contributed by atoms with Crippen LogP contribution in [0.3, 0.4) is 0 Å². The molecule has 2 heterocycles. The summed E-state index contributed by atoms with van der Waals surface area (Å²) in [4.78, 5) is 12.8. The molecule has 0 radical (unpaired) electrons. The predicted molar refractivity (Wildman–Crippen MR) is 89.8 cm³/mol. The Morgan fingerprint density at radius 1 is 1.04 bits per heavy atom. The molecular formula is C18H18N2O4. The number of anilines is 1. The summed E-state index contributed by atoms with van der Waals surface area (Å²) in [6.45, 7) is 2.11. The number of rotatable bonds is 3. The van der Waals surface area contributed by atoms with E-state index < -0.39 is 0 Å². The number of nitrogens with zero attached hydrogens (tertiary/aromatic N) is 2. The summed E-state index contributed by atoms with van der Waals surface area (Å²) >= 11 is 0. The molecule has 0 amide bonds. The molecule has 2 aromatic rings. The van der Waals surface area contributed by atoms with Gasteiger partial charge in [-0.15, -0.1) is 0 Å². The van der Waals surface area contributed by atoms with E-state index in [4.69, 9.17) is 9.47 Å². The van der Waals surface area contributed by atoms with E-state index >= 15 is 0 Å². The molecule has 1 atom stereocenters. The smallest absolute Gasteiger partial charge is 0.269 e. The molecule has 0 saturated carbocycles. The minimum Gasteiger partial charge on any atom is -0.486 e. The fraction of sp³-hybridized carbons (Fsp3) is 0.333. The molecule has 2 aliphatic rings. The van der Waals surface area contributed by atoms with E-state index in [0.717, 1.165) is 36.6 Å². The highest BCUT2D eigenvalue weighted by molar-refractivity contribution is 5.55. The average Bonchev–Trinajstić information content (AvgIpc) is 3.11. The van der Waals surface area contributed by atoms with Crippen molar-refractivity contribution < 1.29 is 14.4 Å². The summed E-state index contributed by atoms with van der Waals surface area (Å²) in [6, 6.07) is 13.1. The first-order valence-electron chi connectivity index (χ1n) is 8.13. The van der Waals surface area contributed by atoms with Gasteiger partial charge in [-0.3, -0.25) is 10.1 Å². The van der Waals surface area contributed by atoms with Crippen LogP contribution in [0.4, 0.5) is 11.4 Å². The van der Waals surface area contributed by atoms with Gasteiger partial charge >= 0.3 is 0 Å². The number of hydrogen-bond donors (Lipinski definition) is 0. The minimum atomic E-state index is -0.369. The molecule has 24 heavy (non-hydrogen) atoms. The number of nitro groups is 1. The second kappa shape index (κ2) is 6.03. The Hall–Kier alpha value is -2.76. The lowest BCUT2D eigenvalue weighted by atomic mass is 10.0. The number of ether oxygens (including phenoxy) is 2. The SMILES string of the molecule is O=[N+]([O-])c1ccc(N2CCCC2c2ccc3c(c2)OCCO3)cc1. The van der Waals surface area contributed by atoms with E-state index in [1.807, 2.05) is 18.2 Å². The zero-order valence-corrected chi connectivity index (χ0v) is 13.2. The first-order valence-corrected chi connectivity index (χ1v) is 8.13. The lowest BCUT2D eigenvalue weighted by molar-refractivity contribution is -0.384. The summed E-state index contributed by atoms with van der Waals surface area (Å²) in [7, 11) is 0. The topological polar surface area (TPSA) is 64.8 Å². The quantitative estimate of drug-likeness (QED) is 0.635. The Bertz CT molecular complexity index is 760. The van der Waals surface area contributed by atoms with Gasteiger partial charge in [-0.1, -0.05) is 6.07 Å². The molecule has 4 rings (SSSR count). The molecule has 124 valence electrons. The van der Waals surface area contributed by atoms with E-state index in [1.165, 1.54) is 5.56 Å². The monoisotopic (exact) mass is 326 g/mol. The molecule has 1 saturated heterocycles. The van der Waals surface area contributed by atoms with Gasteiger partial charge in [-0.2, -0.15) is 0 Å². The Labute approximate surface area is 139 Å². The van der Waals surface area contributed by atoms with Crippen molar-refractivity contribution in [2.24, 2.45) is 0 Å². The number of benzene rings is 2. The summed E-state index contributed by atoms with van der Waals surface area (Å²) in [5, 5.41) is 10.8. The van der Waals surface area contributed by atoms with Crippen LogP contribution in [-0.2, 0) is 0 Å². The molecule has 2 aromatic carbocycles. The number of fused-ring (bicyclic) bond motifs is 1. The van der Waals surface area contributed by atoms with Crippen LogP contribution >= 0.6 is 0 Å². The molecule has 0 aliphatic carbocycles. The van der Waals surface area contributed by atoms with Gasteiger partial charge < -0.3 is 14.4 Å². The second-order valence-electron chi connectivity index (χ2n) is 6.03. The Morgan fingerprint density at radius 2 is 1.79 bits per heavy atom. The molecule has 1 fully saturated rings. The standard InChI is InChI=1S/C18H18N2O4/c21-20(22)15-6-4-14(5-7-15)19-9-1-2-16(19)13-3-8-17-18(12-13)24-11-10-23-17/h3-8,12,16H,1-2,9-11H2. The van der Waals surface area contributed by atoms with Gasteiger partial charge in [0.15, 0.2) is 11.5 Å². The van der Waals surface area contributed by atoms with Crippen molar-refractivity contribution in [2.75, 3.05) is 24.7 Å². The van der Waals surface area contributed by atoms with Crippen LogP contribution in [0.15, 0.2) is 42.5 Å². The molecule has 0 aromatic heterocycles. The van der Waals surface area contributed by atoms with Crippen LogP contribution in [-0.4, -0.2) is 24.7 Å². The normalized spacial score (nSPS) is 19.3. The van der Waals surface area contributed by atoms with Crippen molar-refractivity contribution in [3.63, 3.8) is 0 Å². The van der Waals surface area contributed by atoms with Crippen molar-refractivity contribution in [3.8, 4) is 11.5 Å². The molecule has 0 bridgehead atoms. The van der Waals surface area contributed by atoms with Crippen LogP contribution in [0.1, 0.15) is 24.4 Å². The largest absolute Gasteiger partial charge is 0.486 e. The van der Waals surface area contributed by atoms with Gasteiger partial charge in [0.05, 0.1) is 11.0 Å². The molecule has 0 N–H and O–H groups in total. The Kier molecular flexibility index (Phi) is 3.72. The minimum absolute atomic E-state index is 0.119. The van der Waals surface area contributed by atoms with Crippen LogP contribution in [0, 0.1) is 10.1 Å². The van der Waals surface area contributed by atoms with E-state index in [1.54, 1.807) is 12.1 Å². The molecule has 6 heteroatoms. The van der Waals surface area contributed by atoms with Crippen LogP contribution < -0.4 is 14.4 Å².